The van der Waals surface area contributed by atoms with Crippen LogP contribution in [0.25, 0.3) is 0 Å². The van der Waals surface area contributed by atoms with E-state index < -0.39 is 0 Å². The maximum absolute atomic E-state index is 12.5. The Balaban J connectivity index is 1.84. The van der Waals surface area contributed by atoms with Crippen LogP contribution in [0, 0.1) is 5.92 Å². The molecule has 6 nitrogen and oxygen atoms in total. The monoisotopic (exact) mass is 361 g/mol. The molecule has 144 valence electrons. The Morgan fingerprint density at radius 3 is 2.35 bits per heavy atom. The lowest BCUT2D eigenvalue weighted by Gasteiger charge is -2.34. The minimum absolute atomic E-state index is 0.0117. The Hall–Kier alpha value is -1.92. The van der Waals surface area contributed by atoms with Crippen molar-refractivity contribution in [3.05, 3.63) is 35.9 Å². The zero-order chi connectivity index (χ0) is 18.9. The third-order valence-electron chi connectivity index (χ3n) is 4.60. The molecule has 1 heterocycles. The van der Waals surface area contributed by atoms with E-state index in [9.17, 15) is 9.59 Å². The van der Waals surface area contributed by atoms with Crippen molar-refractivity contribution in [3.8, 4) is 0 Å². The van der Waals surface area contributed by atoms with Gasteiger partial charge >= 0.3 is 0 Å². The van der Waals surface area contributed by atoms with E-state index in [4.69, 9.17) is 4.74 Å². The molecule has 1 aromatic rings. The fourth-order valence-electron chi connectivity index (χ4n) is 3.25. The van der Waals surface area contributed by atoms with Crippen LogP contribution >= 0.6 is 0 Å². The van der Waals surface area contributed by atoms with E-state index >= 15 is 0 Å². The Morgan fingerprint density at radius 1 is 1.12 bits per heavy atom. The second-order valence-electron chi connectivity index (χ2n) is 7.25. The summed E-state index contributed by atoms with van der Waals surface area (Å²) in [5.74, 6) is 0.546. The molecule has 26 heavy (non-hydrogen) atoms. The first kappa shape index (κ1) is 20.4. The molecular formula is C20H31N3O3. The molecule has 1 atom stereocenters. The van der Waals surface area contributed by atoms with E-state index in [1.54, 1.807) is 4.90 Å². The topological polar surface area (TPSA) is 61.9 Å². The maximum Gasteiger partial charge on any atom is 0.248 e. The van der Waals surface area contributed by atoms with E-state index in [0.717, 1.165) is 12.0 Å². The lowest BCUT2D eigenvalue weighted by molar-refractivity contribution is -0.137. The van der Waals surface area contributed by atoms with Crippen molar-refractivity contribution in [3.63, 3.8) is 0 Å². The molecule has 6 heteroatoms. The molecular weight excluding hydrogens is 330 g/mol. The van der Waals surface area contributed by atoms with Crippen LogP contribution in [0.2, 0.25) is 0 Å². The van der Waals surface area contributed by atoms with Crippen LogP contribution in [0.5, 0.6) is 0 Å². The third-order valence-corrected chi connectivity index (χ3v) is 4.60. The second-order valence-corrected chi connectivity index (χ2v) is 7.25. The molecule has 2 rings (SSSR count). The van der Waals surface area contributed by atoms with Gasteiger partial charge in [0.05, 0.1) is 12.6 Å². The van der Waals surface area contributed by atoms with Gasteiger partial charge in [0.15, 0.2) is 0 Å². The molecule has 2 amide bonds. The van der Waals surface area contributed by atoms with Gasteiger partial charge in [-0.05, 0) is 17.9 Å². The fraction of sp³-hybridized carbons (Fsp3) is 0.600. The Labute approximate surface area is 156 Å². The number of hydrogen-bond donors (Lipinski definition) is 1. The number of amides is 2. The van der Waals surface area contributed by atoms with Gasteiger partial charge in [0.25, 0.3) is 0 Å². The van der Waals surface area contributed by atoms with Gasteiger partial charge in [-0.25, -0.2) is 0 Å². The molecule has 1 fully saturated rings. The average molecular weight is 361 g/mol. The molecule has 0 saturated carbocycles. The van der Waals surface area contributed by atoms with Crippen molar-refractivity contribution < 1.29 is 14.3 Å². The normalized spacial score (nSPS) is 16.5. The van der Waals surface area contributed by atoms with E-state index in [2.05, 4.69) is 36.2 Å². The first-order valence-electron chi connectivity index (χ1n) is 9.33. The van der Waals surface area contributed by atoms with Gasteiger partial charge in [0.1, 0.15) is 6.61 Å². The molecule has 1 aliphatic heterocycles. The number of hydrogen-bond acceptors (Lipinski definition) is 4. The van der Waals surface area contributed by atoms with Crippen LogP contribution in [0.4, 0.5) is 0 Å². The summed E-state index contributed by atoms with van der Waals surface area (Å²) in [4.78, 5) is 28.3. The number of rotatable bonds is 8. The molecule has 0 bridgehead atoms. The van der Waals surface area contributed by atoms with Crippen LogP contribution in [0.3, 0.4) is 0 Å². The smallest absolute Gasteiger partial charge is 0.248 e. The number of carbonyl (C=O) groups is 2. The van der Waals surface area contributed by atoms with E-state index in [0.29, 0.717) is 38.6 Å². The quantitative estimate of drug-likeness (QED) is 0.765. The Kier molecular flexibility index (Phi) is 8.06. The molecule has 1 unspecified atom stereocenters. The number of benzene rings is 1. The molecule has 0 radical (unpaired) electrons. The van der Waals surface area contributed by atoms with Gasteiger partial charge in [-0.2, -0.15) is 0 Å². The number of piperazine rings is 1. The molecule has 1 aliphatic rings. The van der Waals surface area contributed by atoms with Gasteiger partial charge in [-0.15, -0.1) is 0 Å². The summed E-state index contributed by atoms with van der Waals surface area (Å²) in [5.41, 5.74) is 1.14. The van der Waals surface area contributed by atoms with Crippen molar-refractivity contribution in [2.75, 3.05) is 46.4 Å². The molecule has 0 spiro atoms. The maximum atomic E-state index is 12.5. The Morgan fingerprint density at radius 2 is 1.77 bits per heavy atom. The van der Waals surface area contributed by atoms with Crippen LogP contribution in [-0.4, -0.2) is 68.1 Å². The first-order valence-corrected chi connectivity index (χ1v) is 9.33. The van der Waals surface area contributed by atoms with Crippen molar-refractivity contribution in [1.29, 1.82) is 0 Å². The summed E-state index contributed by atoms with van der Waals surface area (Å²) in [6.45, 7) is 7.53. The Bertz CT molecular complexity index is 569. The van der Waals surface area contributed by atoms with E-state index in [-0.39, 0.29) is 24.5 Å². The lowest BCUT2D eigenvalue weighted by Crippen LogP contribution is -2.52. The number of nitrogens with one attached hydrogen (secondary N) is 1. The molecule has 0 aliphatic carbocycles. The third kappa shape index (κ3) is 6.42. The highest BCUT2D eigenvalue weighted by atomic mass is 16.5. The number of carbonyl (C=O) groups excluding carboxylic acids is 2. The summed E-state index contributed by atoms with van der Waals surface area (Å²) in [7, 11) is 1.53. The number of methoxy groups -OCH3 is 1. The summed E-state index contributed by atoms with van der Waals surface area (Å²) in [6.07, 6.45) is 0.912. The predicted octanol–water partition coefficient (Wildman–Crippen LogP) is 1.68. The van der Waals surface area contributed by atoms with Crippen molar-refractivity contribution in [2.45, 2.75) is 26.3 Å². The van der Waals surface area contributed by atoms with Gasteiger partial charge in [-0.1, -0.05) is 44.2 Å². The highest BCUT2D eigenvalue weighted by Gasteiger charge is 2.23. The van der Waals surface area contributed by atoms with Crippen LogP contribution in [0.1, 0.15) is 31.9 Å². The molecule has 1 saturated heterocycles. The molecule has 1 N–H and O–H groups in total. The van der Waals surface area contributed by atoms with Crippen molar-refractivity contribution >= 4 is 11.8 Å². The summed E-state index contributed by atoms with van der Waals surface area (Å²) in [6, 6.07) is 10.2. The number of ether oxygens (including phenoxy) is 1. The van der Waals surface area contributed by atoms with Gasteiger partial charge in [0.2, 0.25) is 11.8 Å². The minimum atomic E-state index is 0.0117. The van der Waals surface area contributed by atoms with Crippen LogP contribution in [0.15, 0.2) is 30.3 Å². The summed E-state index contributed by atoms with van der Waals surface area (Å²) in [5, 5.41) is 3.19. The highest BCUT2D eigenvalue weighted by molar-refractivity contribution is 5.79. The van der Waals surface area contributed by atoms with Crippen molar-refractivity contribution in [1.82, 2.24) is 15.1 Å². The standard InChI is InChI=1S/C20H31N3O3/c1-16(2)13-18(17-7-5-4-6-8-17)21-19(24)14-22-9-11-23(12-10-22)20(25)15-26-3/h4-8,16,18H,9-15H2,1-3H3,(H,21,24). The average Bonchev–Trinajstić information content (AvgIpc) is 2.62. The SMILES string of the molecule is COCC(=O)N1CCN(CC(=O)NC(CC(C)C)c2ccccc2)CC1. The van der Waals surface area contributed by atoms with Crippen LogP contribution in [-0.2, 0) is 14.3 Å². The van der Waals surface area contributed by atoms with E-state index in [1.165, 1.54) is 7.11 Å². The largest absolute Gasteiger partial charge is 0.375 e. The second kappa shape index (κ2) is 10.3. The van der Waals surface area contributed by atoms with Gasteiger partial charge in [0, 0.05) is 33.3 Å². The predicted molar refractivity (Wildman–Crippen MR) is 102 cm³/mol. The fourth-order valence-corrected chi connectivity index (χ4v) is 3.25. The molecule has 0 aromatic heterocycles. The zero-order valence-electron chi connectivity index (χ0n) is 16.1. The first-order chi connectivity index (χ1) is 12.5. The summed E-state index contributed by atoms with van der Waals surface area (Å²) >= 11 is 0. The lowest BCUT2D eigenvalue weighted by atomic mass is 9.97. The summed E-state index contributed by atoms with van der Waals surface area (Å²) < 4.78 is 4.90. The van der Waals surface area contributed by atoms with Crippen molar-refractivity contribution in [2.24, 2.45) is 5.92 Å². The van der Waals surface area contributed by atoms with Gasteiger partial charge in [-0.3, -0.25) is 14.5 Å². The minimum Gasteiger partial charge on any atom is -0.375 e. The molecule has 1 aromatic carbocycles. The number of nitrogens with zero attached hydrogens (tertiary/aromatic N) is 2. The highest BCUT2D eigenvalue weighted by Crippen LogP contribution is 2.21. The van der Waals surface area contributed by atoms with Crippen LogP contribution < -0.4 is 5.32 Å². The zero-order valence-corrected chi connectivity index (χ0v) is 16.1. The van der Waals surface area contributed by atoms with E-state index in [1.807, 2.05) is 18.2 Å². The van der Waals surface area contributed by atoms with Gasteiger partial charge < -0.3 is 15.0 Å².